The van der Waals surface area contributed by atoms with E-state index in [1.54, 1.807) is 0 Å². The van der Waals surface area contributed by atoms with Gasteiger partial charge in [0.25, 0.3) is 11.6 Å². The number of nitro groups is 1. The molecule has 0 atom stereocenters. The average molecular weight is 340 g/mol. The van der Waals surface area contributed by atoms with Crippen LogP contribution in [0.15, 0.2) is 24.3 Å². The number of rotatable bonds is 6. The zero-order chi connectivity index (χ0) is 17.4. The molecule has 0 aliphatic heterocycles. The van der Waals surface area contributed by atoms with Crippen molar-refractivity contribution in [3.05, 3.63) is 39.9 Å². The predicted octanol–water partition coefficient (Wildman–Crippen LogP) is -0.600. The highest BCUT2D eigenvalue weighted by Gasteiger charge is 2.11. The molecule has 1 aromatic rings. The molecule has 0 unspecified atom stereocenters. The number of carboxylic acids is 1. The first kappa shape index (κ1) is 18.0. The van der Waals surface area contributed by atoms with E-state index in [0.717, 1.165) is 0 Å². The van der Waals surface area contributed by atoms with Crippen LogP contribution in [0.5, 0.6) is 0 Å². The van der Waals surface area contributed by atoms with E-state index in [2.05, 4.69) is 16.0 Å². The minimum atomic E-state index is -1.19. The van der Waals surface area contributed by atoms with E-state index < -0.39 is 29.3 Å². The Bertz CT molecular complexity index is 645. The van der Waals surface area contributed by atoms with Gasteiger partial charge in [-0.2, -0.15) is 0 Å². The second-order valence-corrected chi connectivity index (χ2v) is 4.52. The third-order valence-electron chi connectivity index (χ3n) is 2.41. The highest BCUT2D eigenvalue weighted by atomic mass is 32.1. The van der Waals surface area contributed by atoms with E-state index in [-0.39, 0.29) is 22.9 Å². The van der Waals surface area contributed by atoms with Gasteiger partial charge in [-0.25, -0.2) is 0 Å². The highest BCUT2D eigenvalue weighted by Crippen LogP contribution is 2.11. The first-order valence-corrected chi connectivity index (χ1v) is 6.52. The van der Waals surface area contributed by atoms with Crippen molar-refractivity contribution in [2.24, 2.45) is 0 Å². The summed E-state index contributed by atoms with van der Waals surface area (Å²) in [6.45, 7) is -0.838. The molecule has 1 rings (SSSR count). The SMILES string of the molecule is O=C(O)CNC(=O)CNC(=S)NC(=O)c1ccc([N+](=O)[O-])cc1. The molecule has 11 heteroatoms. The number of thiocarbonyl (C=S) groups is 1. The van der Waals surface area contributed by atoms with Crippen LogP contribution in [0.25, 0.3) is 0 Å². The molecule has 2 amide bonds. The Morgan fingerprint density at radius 2 is 1.74 bits per heavy atom. The zero-order valence-electron chi connectivity index (χ0n) is 11.6. The molecular weight excluding hydrogens is 328 g/mol. The second kappa shape index (κ2) is 8.38. The summed E-state index contributed by atoms with van der Waals surface area (Å²) in [5.74, 6) is -2.41. The van der Waals surface area contributed by atoms with Crippen LogP contribution in [0.4, 0.5) is 5.69 Å². The fourth-order valence-corrected chi connectivity index (χ4v) is 1.52. The lowest BCUT2D eigenvalue weighted by molar-refractivity contribution is -0.384. The van der Waals surface area contributed by atoms with Crippen molar-refractivity contribution < 1.29 is 24.4 Å². The molecule has 0 aliphatic carbocycles. The number of aliphatic carboxylic acids is 1. The first-order valence-electron chi connectivity index (χ1n) is 6.11. The van der Waals surface area contributed by atoms with E-state index in [1.165, 1.54) is 24.3 Å². The zero-order valence-corrected chi connectivity index (χ0v) is 12.4. The number of nitrogens with one attached hydrogen (secondary N) is 3. The lowest BCUT2D eigenvalue weighted by Crippen LogP contribution is -2.44. The van der Waals surface area contributed by atoms with Gasteiger partial charge in [-0.15, -0.1) is 0 Å². The smallest absolute Gasteiger partial charge is 0.322 e. The minimum Gasteiger partial charge on any atom is -0.480 e. The molecule has 0 fully saturated rings. The summed E-state index contributed by atoms with van der Waals surface area (Å²) in [4.78, 5) is 43.2. The Balaban J connectivity index is 2.44. The number of hydrogen-bond donors (Lipinski definition) is 4. The molecule has 0 heterocycles. The normalized spacial score (nSPS) is 9.57. The molecule has 0 bridgehead atoms. The predicted molar refractivity (Wildman–Crippen MR) is 81.8 cm³/mol. The number of nitrogens with zero attached hydrogens (tertiary/aromatic N) is 1. The van der Waals surface area contributed by atoms with Gasteiger partial charge in [0.05, 0.1) is 11.5 Å². The summed E-state index contributed by atoms with van der Waals surface area (Å²) in [6, 6.07) is 4.86. The van der Waals surface area contributed by atoms with E-state index in [0.29, 0.717) is 0 Å². The summed E-state index contributed by atoms with van der Waals surface area (Å²) in [5, 5.41) is 25.5. The lowest BCUT2D eigenvalue weighted by Gasteiger charge is -2.09. The maximum Gasteiger partial charge on any atom is 0.322 e. The maximum absolute atomic E-state index is 11.8. The van der Waals surface area contributed by atoms with E-state index >= 15 is 0 Å². The fraction of sp³-hybridized carbons (Fsp3) is 0.167. The third kappa shape index (κ3) is 6.48. The average Bonchev–Trinajstić information content (AvgIpc) is 2.50. The van der Waals surface area contributed by atoms with Gasteiger partial charge in [0.1, 0.15) is 6.54 Å². The van der Waals surface area contributed by atoms with Crippen molar-refractivity contribution in [2.75, 3.05) is 13.1 Å². The highest BCUT2D eigenvalue weighted by molar-refractivity contribution is 7.80. The summed E-state index contributed by atoms with van der Waals surface area (Å²) in [7, 11) is 0. The topological polar surface area (TPSA) is 151 Å². The van der Waals surface area contributed by atoms with Gasteiger partial charge >= 0.3 is 5.97 Å². The molecule has 0 saturated carbocycles. The number of carboxylic acid groups (broad SMARTS) is 1. The largest absolute Gasteiger partial charge is 0.480 e. The quantitative estimate of drug-likeness (QED) is 0.304. The van der Waals surface area contributed by atoms with Crippen molar-refractivity contribution in [1.82, 2.24) is 16.0 Å². The van der Waals surface area contributed by atoms with Crippen LogP contribution in [-0.4, -0.2) is 46.0 Å². The Labute approximate surface area is 135 Å². The lowest BCUT2D eigenvalue weighted by atomic mass is 10.2. The number of carbonyl (C=O) groups is 3. The van der Waals surface area contributed by atoms with E-state index in [4.69, 9.17) is 17.3 Å². The van der Waals surface area contributed by atoms with Gasteiger partial charge in [0.15, 0.2) is 5.11 Å². The summed E-state index contributed by atoms with van der Waals surface area (Å²) < 4.78 is 0. The van der Waals surface area contributed by atoms with Crippen LogP contribution in [0.1, 0.15) is 10.4 Å². The Morgan fingerprint density at radius 1 is 1.13 bits per heavy atom. The summed E-state index contributed by atoms with van der Waals surface area (Å²) in [5.41, 5.74) is -0.00701. The molecule has 0 aliphatic rings. The van der Waals surface area contributed by atoms with Gasteiger partial charge in [-0.3, -0.25) is 29.8 Å². The van der Waals surface area contributed by atoms with Crippen LogP contribution < -0.4 is 16.0 Å². The molecule has 10 nitrogen and oxygen atoms in total. The summed E-state index contributed by atoms with van der Waals surface area (Å²) >= 11 is 4.80. The van der Waals surface area contributed by atoms with Crippen LogP contribution in [-0.2, 0) is 9.59 Å². The Kier molecular flexibility index (Phi) is 6.55. The maximum atomic E-state index is 11.8. The van der Waals surface area contributed by atoms with Crippen molar-refractivity contribution in [3.63, 3.8) is 0 Å². The first-order chi connectivity index (χ1) is 10.8. The molecule has 23 heavy (non-hydrogen) atoms. The number of benzene rings is 1. The van der Waals surface area contributed by atoms with Crippen LogP contribution in [0.2, 0.25) is 0 Å². The van der Waals surface area contributed by atoms with E-state index in [1.807, 2.05) is 0 Å². The minimum absolute atomic E-state index is 0.140. The number of amides is 2. The van der Waals surface area contributed by atoms with Crippen LogP contribution in [0, 0.1) is 10.1 Å². The monoisotopic (exact) mass is 340 g/mol. The van der Waals surface area contributed by atoms with Gasteiger partial charge in [0.2, 0.25) is 5.91 Å². The molecule has 0 saturated heterocycles. The number of non-ortho nitro benzene ring substituents is 1. The molecule has 0 radical (unpaired) electrons. The van der Waals surface area contributed by atoms with Crippen LogP contribution >= 0.6 is 12.2 Å². The summed E-state index contributed by atoms with van der Waals surface area (Å²) in [6.07, 6.45) is 0. The standard InChI is InChI=1S/C12H12N4O6S/c17-9(13-6-10(18)19)5-14-12(23)15-11(20)7-1-3-8(4-2-7)16(21)22/h1-4H,5-6H2,(H,13,17)(H,18,19)(H2,14,15,20,23). The number of hydrogen-bond acceptors (Lipinski definition) is 6. The van der Waals surface area contributed by atoms with Gasteiger partial charge in [-0.1, -0.05) is 0 Å². The van der Waals surface area contributed by atoms with Crippen LogP contribution in [0.3, 0.4) is 0 Å². The van der Waals surface area contributed by atoms with Crippen molar-refractivity contribution in [1.29, 1.82) is 0 Å². The fourth-order valence-electron chi connectivity index (χ4n) is 1.35. The number of nitro benzene ring substituents is 1. The molecule has 0 spiro atoms. The van der Waals surface area contributed by atoms with E-state index in [9.17, 15) is 24.5 Å². The molecule has 122 valence electrons. The Morgan fingerprint density at radius 3 is 2.26 bits per heavy atom. The number of carbonyl (C=O) groups excluding carboxylic acids is 2. The van der Waals surface area contributed by atoms with Crippen molar-refractivity contribution in [3.8, 4) is 0 Å². The van der Waals surface area contributed by atoms with Crippen molar-refractivity contribution in [2.45, 2.75) is 0 Å². The molecule has 4 N–H and O–H groups in total. The van der Waals surface area contributed by atoms with Gasteiger partial charge < -0.3 is 15.7 Å². The molecule has 0 aromatic heterocycles. The van der Waals surface area contributed by atoms with Crippen molar-refractivity contribution >= 4 is 40.8 Å². The Hall–Kier alpha value is -3.08. The third-order valence-corrected chi connectivity index (χ3v) is 2.66. The molecule has 1 aromatic carbocycles. The van der Waals surface area contributed by atoms with Gasteiger partial charge in [0, 0.05) is 17.7 Å². The molecular formula is C12H12N4O6S. The van der Waals surface area contributed by atoms with Gasteiger partial charge in [-0.05, 0) is 24.4 Å². The second-order valence-electron chi connectivity index (χ2n) is 4.11.